The second-order valence-electron chi connectivity index (χ2n) is 7.58. The normalized spacial score (nSPS) is 18.5. The fraction of sp³-hybridized carbons (Fsp3) is 0.409. The lowest BCUT2D eigenvalue weighted by molar-refractivity contribution is -0.147. The molecule has 1 aromatic carbocycles. The van der Waals surface area contributed by atoms with Crippen molar-refractivity contribution in [2.45, 2.75) is 25.2 Å². The summed E-state index contributed by atoms with van der Waals surface area (Å²) in [5, 5.41) is 3.08. The van der Waals surface area contributed by atoms with Crippen LogP contribution in [0.5, 0.6) is 5.88 Å². The van der Waals surface area contributed by atoms with Crippen molar-refractivity contribution < 1.29 is 28.2 Å². The highest BCUT2D eigenvalue weighted by atomic mass is 35.5. The van der Waals surface area contributed by atoms with Gasteiger partial charge in [-0.15, -0.1) is 0 Å². The van der Waals surface area contributed by atoms with Gasteiger partial charge in [0.25, 0.3) is 5.91 Å². The summed E-state index contributed by atoms with van der Waals surface area (Å²) < 4.78 is 29.0. The summed E-state index contributed by atoms with van der Waals surface area (Å²) in [6.07, 6.45) is 0.198. The number of methoxy groups -OCH3 is 2. The standard InChI is InChI=1S/C22H26ClFN4O5/c1-31-18-10-28(11-19(29)33-12-13-3-5-14(24)6-4-13)8-7-17(18)26-21(30)15-9-16(23)20(25)27-22(15)32-2/h3-6,9,17-18H,7-8,10-12H2,1-2H3,(H2,25,27)(H,26,30)/t17-,18+/m1/s1. The maximum Gasteiger partial charge on any atom is 0.320 e. The minimum atomic E-state index is -0.416. The number of halogens is 2. The van der Waals surface area contributed by atoms with Crippen molar-refractivity contribution in [2.24, 2.45) is 0 Å². The predicted octanol–water partition coefficient (Wildman–Crippen LogP) is 2.03. The van der Waals surface area contributed by atoms with Gasteiger partial charge in [0.15, 0.2) is 0 Å². The fourth-order valence-corrected chi connectivity index (χ4v) is 3.70. The SMILES string of the molecule is COc1nc(N)c(Cl)cc1C(=O)N[C@@H]1CCN(CC(=O)OCc2ccc(F)cc2)C[C@@H]1OC. The fourth-order valence-electron chi connectivity index (χ4n) is 3.55. The van der Waals surface area contributed by atoms with Gasteiger partial charge < -0.3 is 25.3 Å². The first-order valence-corrected chi connectivity index (χ1v) is 10.6. The van der Waals surface area contributed by atoms with Gasteiger partial charge in [0.2, 0.25) is 5.88 Å². The van der Waals surface area contributed by atoms with Crippen LogP contribution in [-0.4, -0.2) is 67.8 Å². The number of piperidine rings is 1. The lowest BCUT2D eigenvalue weighted by atomic mass is 10.0. The Morgan fingerprint density at radius 3 is 2.70 bits per heavy atom. The van der Waals surface area contributed by atoms with E-state index in [0.717, 1.165) is 0 Å². The van der Waals surface area contributed by atoms with Crippen LogP contribution in [-0.2, 0) is 20.9 Å². The molecule has 2 heterocycles. The molecule has 11 heteroatoms. The first-order chi connectivity index (χ1) is 15.8. The van der Waals surface area contributed by atoms with Gasteiger partial charge in [0, 0.05) is 20.2 Å². The van der Waals surface area contributed by atoms with Crippen molar-refractivity contribution in [3.05, 3.63) is 52.3 Å². The second kappa shape index (κ2) is 11.3. The van der Waals surface area contributed by atoms with E-state index < -0.39 is 11.9 Å². The average molecular weight is 481 g/mol. The zero-order valence-corrected chi connectivity index (χ0v) is 19.1. The molecule has 1 saturated heterocycles. The topological polar surface area (TPSA) is 116 Å². The minimum absolute atomic E-state index is 0.0688. The largest absolute Gasteiger partial charge is 0.480 e. The highest BCUT2D eigenvalue weighted by Gasteiger charge is 2.32. The lowest BCUT2D eigenvalue weighted by Gasteiger charge is -2.37. The molecule has 1 aliphatic rings. The maximum atomic E-state index is 13.0. The van der Waals surface area contributed by atoms with Crippen LogP contribution in [0.4, 0.5) is 10.2 Å². The van der Waals surface area contributed by atoms with E-state index >= 15 is 0 Å². The zero-order valence-electron chi connectivity index (χ0n) is 18.3. The highest BCUT2D eigenvalue weighted by molar-refractivity contribution is 6.33. The molecule has 2 atom stereocenters. The molecule has 0 radical (unpaired) electrons. The number of nitrogens with one attached hydrogen (secondary N) is 1. The maximum absolute atomic E-state index is 13.0. The number of rotatable bonds is 8. The van der Waals surface area contributed by atoms with Crippen molar-refractivity contribution in [2.75, 3.05) is 39.6 Å². The summed E-state index contributed by atoms with van der Waals surface area (Å²) in [4.78, 5) is 30.9. The van der Waals surface area contributed by atoms with Gasteiger partial charge in [-0.05, 0) is 30.2 Å². The number of nitrogens with two attached hydrogens (primary N) is 1. The van der Waals surface area contributed by atoms with Crippen LogP contribution < -0.4 is 15.8 Å². The van der Waals surface area contributed by atoms with E-state index in [0.29, 0.717) is 25.1 Å². The Morgan fingerprint density at radius 2 is 2.03 bits per heavy atom. The molecule has 0 saturated carbocycles. The number of carbonyl (C=O) groups excluding carboxylic acids is 2. The van der Waals surface area contributed by atoms with Crippen molar-refractivity contribution in [1.82, 2.24) is 15.2 Å². The molecule has 1 fully saturated rings. The number of likely N-dealkylation sites (tertiary alicyclic amines) is 1. The number of benzene rings is 1. The van der Waals surface area contributed by atoms with Crippen molar-refractivity contribution in [3.8, 4) is 5.88 Å². The van der Waals surface area contributed by atoms with Crippen LogP contribution in [0.1, 0.15) is 22.3 Å². The third-order valence-electron chi connectivity index (χ3n) is 5.33. The lowest BCUT2D eigenvalue weighted by Crippen LogP contribution is -2.55. The molecule has 2 aromatic rings. The number of nitrogens with zero attached hydrogens (tertiary/aromatic N) is 2. The quantitative estimate of drug-likeness (QED) is 0.551. The average Bonchev–Trinajstić information content (AvgIpc) is 2.81. The number of aromatic nitrogens is 1. The number of anilines is 1. The van der Waals surface area contributed by atoms with Crippen LogP contribution in [0.25, 0.3) is 0 Å². The molecule has 33 heavy (non-hydrogen) atoms. The summed E-state index contributed by atoms with van der Waals surface area (Å²) in [6.45, 7) is 1.12. The van der Waals surface area contributed by atoms with Gasteiger partial charge in [-0.3, -0.25) is 14.5 Å². The molecular formula is C22H26ClFN4O5. The number of ether oxygens (including phenoxy) is 3. The number of amides is 1. The number of esters is 1. The molecule has 0 aliphatic carbocycles. The van der Waals surface area contributed by atoms with E-state index in [9.17, 15) is 14.0 Å². The number of carbonyl (C=O) groups is 2. The third kappa shape index (κ3) is 6.53. The van der Waals surface area contributed by atoms with Crippen molar-refractivity contribution in [1.29, 1.82) is 0 Å². The van der Waals surface area contributed by atoms with Crippen molar-refractivity contribution in [3.63, 3.8) is 0 Å². The summed E-state index contributed by atoms with van der Waals surface area (Å²) >= 11 is 6.01. The van der Waals surface area contributed by atoms with Gasteiger partial charge in [-0.1, -0.05) is 23.7 Å². The molecule has 1 aromatic heterocycles. The van der Waals surface area contributed by atoms with Crippen LogP contribution >= 0.6 is 11.6 Å². The number of pyridine rings is 1. The summed E-state index contributed by atoms with van der Waals surface area (Å²) in [7, 11) is 2.93. The van der Waals surface area contributed by atoms with Crippen LogP contribution in [0, 0.1) is 5.82 Å². The Bertz CT molecular complexity index is 991. The molecule has 1 aliphatic heterocycles. The smallest absolute Gasteiger partial charge is 0.320 e. The highest BCUT2D eigenvalue weighted by Crippen LogP contribution is 2.25. The van der Waals surface area contributed by atoms with Crippen LogP contribution in [0.2, 0.25) is 5.02 Å². The molecule has 1 amide bonds. The van der Waals surface area contributed by atoms with Gasteiger partial charge in [0.1, 0.15) is 23.8 Å². The van der Waals surface area contributed by atoms with E-state index in [1.807, 2.05) is 4.90 Å². The van der Waals surface area contributed by atoms with Gasteiger partial charge in [0.05, 0.1) is 30.8 Å². The Kier molecular flexibility index (Phi) is 8.43. The van der Waals surface area contributed by atoms with E-state index in [1.54, 1.807) is 19.2 Å². The number of hydrogen-bond acceptors (Lipinski definition) is 8. The number of nitrogen functional groups attached to an aromatic ring is 1. The molecule has 9 nitrogen and oxygen atoms in total. The van der Waals surface area contributed by atoms with E-state index in [1.165, 1.54) is 25.3 Å². The van der Waals surface area contributed by atoms with E-state index in [-0.39, 0.29) is 53.4 Å². The first kappa shape index (κ1) is 24.7. The Morgan fingerprint density at radius 1 is 1.30 bits per heavy atom. The molecule has 3 rings (SSSR count). The van der Waals surface area contributed by atoms with Crippen molar-refractivity contribution >= 4 is 29.3 Å². The molecule has 0 unspecified atom stereocenters. The predicted molar refractivity (Wildman–Crippen MR) is 120 cm³/mol. The summed E-state index contributed by atoms with van der Waals surface area (Å²) in [6, 6.07) is 6.87. The molecule has 178 valence electrons. The Balaban J connectivity index is 1.54. The first-order valence-electron chi connectivity index (χ1n) is 10.3. The minimum Gasteiger partial charge on any atom is -0.480 e. The van der Waals surface area contributed by atoms with Crippen LogP contribution in [0.15, 0.2) is 30.3 Å². The Labute approximate surface area is 195 Å². The van der Waals surface area contributed by atoms with Gasteiger partial charge in [-0.25, -0.2) is 4.39 Å². The summed E-state index contributed by atoms with van der Waals surface area (Å²) in [5.74, 6) is -1.02. The molecular weight excluding hydrogens is 455 g/mol. The number of hydrogen-bond donors (Lipinski definition) is 2. The molecule has 3 N–H and O–H groups in total. The monoisotopic (exact) mass is 480 g/mol. The van der Waals surface area contributed by atoms with Gasteiger partial charge >= 0.3 is 5.97 Å². The van der Waals surface area contributed by atoms with Gasteiger partial charge in [-0.2, -0.15) is 4.98 Å². The second-order valence-corrected chi connectivity index (χ2v) is 7.98. The third-order valence-corrected chi connectivity index (χ3v) is 5.64. The van der Waals surface area contributed by atoms with E-state index in [4.69, 9.17) is 31.5 Å². The zero-order chi connectivity index (χ0) is 24.0. The molecule has 0 spiro atoms. The van der Waals surface area contributed by atoms with E-state index in [2.05, 4.69) is 10.3 Å². The summed E-state index contributed by atoms with van der Waals surface area (Å²) in [5.41, 5.74) is 6.54. The molecule has 0 bridgehead atoms. The van der Waals surface area contributed by atoms with Crippen LogP contribution in [0.3, 0.4) is 0 Å². The Hall–Kier alpha value is -2.95.